The van der Waals surface area contributed by atoms with Gasteiger partial charge >= 0.3 is 0 Å². The number of methoxy groups -OCH3 is 1. The van der Waals surface area contributed by atoms with Crippen LogP contribution in [0, 0.1) is 0 Å². The molecule has 0 radical (unpaired) electrons. The molecule has 2 rings (SSSR count). The summed E-state index contributed by atoms with van der Waals surface area (Å²) in [5, 5.41) is 0.751. The number of nitrogens with zero attached hydrogens (tertiary/aromatic N) is 1. The third-order valence-corrected chi connectivity index (χ3v) is 3.39. The molecule has 1 atom stereocenters. The molecule has 0 fully saturated rings. The van der Waals surface area contributed by atoms with Crippen LogP contribution in [0.3, 0.4) is 0 Å². The summed E-state index contributed by atoms with van der Waals surface area (Å²) in [5.74, 6) is 0.899. The highest BCUT2D eigenvalue weighted by molar-refractivity contribution is 6.30. The highest BCUT2D eigenvalue weighted by atomic mass is 35.5. The lowest BCUT2D eigenvalue weighted by Crippen LogP contribution is -2.21. The first kappa shape index (κ1) is 13.9. The first-order valence-electron chi connectivity index (χ1n) is 6.18. The van der Waals surface area contributed by atoms with Crippen LogP contribution in [0.2, 0.25) is 5.02 Å². The maximum Gasteiger partial charge on any atom is 0.123 e. The molecule has 0 aliphatic rings. The van der Waals surface area contributed by atoms with Gasteiger partial charge in [0.15, 0.2) is 0 Å². The van der Waals surface area contributed by atoms with Gasteiger partial charge in [0.05, 0.1) is 13.2 Å². The Morgan fingerprint density at radius 3 is 2.21 bits per heavy atom. The Hall–Kier alpha value is -1.51. The second-order valence-corrected chi connectivity index (χ2v) is 5.10. The van der Waals surface area contributed by atoms with Crippen LogP contribution in [-0.4, -0.2) is 26.1 Å². The number of para-hydroxylation sites is 1. The molecule has 2 nitrogen and oxygen atoms in total. The Morgan fingerprint density at radius 2 is 1.63 bits per heavy atom. The molecule has 0 saturated heterocycles. The fourth-order valence-corrected chi connectivity index (χ4v) is 2.42. The molecule has 0 aromatic heterocycles. The maximum atomic E-state index is 5.96. The summed E-state index contributed by atoms with van der Waals surface area (Å²) >= 11 is 5.96. The van der Waals surface area contributed by atoms with Crippen LogP contribution in [0.15, 0.2) is 48.5 Å². The highest BCUT2D eigenvalue weighted by Crippen LogP contribution is 2.33. The molecular formula is C16H18ClNO. The first-order valence-corrected chi connectivity index (χ1v) is 6.56. The third kappa shape index (κ3) is 3.09. The van der Waals surface area contributed by atoms with Crippen molar-refractivity contribution < 1.29 is 4.74 Å². The van der Waals surface area contributed by atoms with Crippen LogP contribution >= 0.6 is 11.6 Å². The van der Waals surface area contributed by atoms with Crippen molar-refractivity contribution in [3.63, 3.8) is 0 Å². The molecule has 1 unspecified atom stereocenters. The molecule has 2 aromatic carbocycles. The van der Waals surface area contributed by atoms with Gasteiger partial charge in [-0.15, -0.1) is 0 Å². The fraction of sp³-hybridized carbons (Fsp3) is 0.250. The van der Waals surface area contributed by atoms with E-state index < -0.39 is 0 Å². The number of hydrogen-bond acceptors (Lipinski definition) is 2. The van der Waals surface area contributed by atoms with Gasteiger partial charge in [0.1, 0.15) is 5.75 Å². The number of rotatable bonds is 4. The van der Waals surface area contributed by atoms with E-state index in [0.29, 0.717) is 0 Å². The van der Waals surface area contributed by atoms with Crippen molar-refractivity contribution in [3.05, 3.63) is 64.7 Å². The van der Waals surface area contributed by atoms with Crippen molar-refractivity contribution >= 4 is 11.6 Å². The van der Waals surface area contributed by atoms with Gasteiger partial charge in [-0.3, -0.25) is 4.90 Å². The van der Waals surface area contributed by atoms with Gasteiger partial charge in [0, 0.05) is 10.6 Å². The predicted octanol–water partition coefficient (Wildman–Crippen LogP) is 4.00. The minimum Gasteiger partial charge on any atom is -0.496 e. The van der Waals surface area contributed by atoms with E-state index in [9.17, 15) is 0 Å². The molecule has 100 valence electrons. The Morgan fingerprint density at radius 1 is 1.00 bits per heavy atom. The lowest BCUT2D eigenvalue weighted by atomic mass is 9.97. The van der Waals surface area contributed by atoms with Crippen LogP contribution in [0.4, 0.5) is 0 Å². The van der Waals surface area contributed by atoms with Gasteiger partial charge in [0.25, 0.3) is 0 Å². The summed E-state index contributed by atoms with van der Waals surface area (Å²) in [6.45, 7) is 0. The third-order valence-electron chi connectivity index (χ3n) is 3.14. The standard InChI is InChI=1S/C16H18ClNO/c1-18(2)16(12-8-10-13(17)11-9-12)14-6-4-5-7-15(14)19-3/h4-11,16H,1-3H3. The predicted molar refractivity (Wildman–Crippen MR) is 80.0 cm³/mol. The SMILES string of the molecule is COc1ccccc1C(c1ccc(Cl)cc1)N(C)C. The average molecular weight is 276 g/mol. The van der Waals surface area contributed by atoms with Crippen LogP contribution in [-0.2, 0) is 0 Å². The molecule has 0 amide bonds. The Labute approximate surface area is 119 Å². The van der Waals surface area contributed by atoms with E-state index in [1.54, 1.807) is 7.11 Å². The quantitative estimate of drug-likeness (QED) is 0.836. The molecule has 0 heterocycles. The van der Waals surface area contributed by atoms with E-state index in [0.717, 1.165) is 16.3 Å². The molecule has 0 aliphatic carbocycles. The Balaban J connectivity index is 2.48. The first-order chi connectivity index (χ1) is 9.13. The van der Waals surface area contributed by atoms with Gasteiger partial charge in [-0.25, -0.2) is 0 Å². The van der Waals surface area contributed by atoms with E-state index in [-0.39, 0.29) is 6.04 Å². The fourth-order valence-electron chi connectivity index (χ4n) is 2.29. The molecule has 0 spiro atoms. The highest BCUT2D eigenvalue weighted by Gasteiger charge is 2.19. The summed E-state index contributed by atoms with van der Waals surface area (Å²) in [4.78, 5) is 2.17. The lowest BCUT2D eigenvalue weighted by Gasteiger charge is -2.26. The maximum absolute atomic E-state index is 5.96. The van der Waals surface area contributed by atoms with Crippen molar-refractivity contribution in [1.29, 1.82) is 0 Å². The zero-order chi connectivity index (χ0) is 13.8. The van der Waals surface area contributed by atoms with Crippen molar-refractivity contribution in [2.45, 2.75) is 6.04 Å². The molecule has 0 bridgehead atoms. The van der Waals surface area contributed by atoms with Crippen LogP contribution < -0.4 is 4.74 Å². The smallest absolute Gasteiger partial charge is 0.123 e. The van der Waals surface area contributed by atoms with E-state index >= 15 is 0 Å². The second-order valence-electron chi connectivity index (χ2n) is 4.66. The summed E-state index contributed by atoms with van der Waals surface area (Å²) in [6.07, 6.45) is 0. The van der Waals surface area contributed by atoms with Crippen molar-refractivity contribution in [1.82, 2.24) is 4.90 Å². The van der Waals surface area contributed by atoms with E-state index in [1.165, 1.54) is 5.56 Å². The van der Waals surface area contributed by atoms with Gasteiger partial charge in [0.2, 0.25) is 0 Å². The molecule has 19 heavy (non-hydrogen) atoms. The molecule has 0 saturated carbocycles. The normalized spacial score (nSPS) is 12.5. The zero-order valence-electron chi connectivity index (χ0n) is 11.4. The number of benzene rings is 2. The number of hydrogen-bond donors (Lipinski definition) is 0. The minimum atomic E-state index is 0.147. The summed E-state index contributed by atoms with van der Waals surface area (Å²) in [7, 11) is 5.82. The summed E-state index contributed by atoms with van der Waals surface area (Å²) < 4.78 is 5.47. The van der Waals surface area contributed by atoms with E-state index in [2.05, 4.69) is 37.2 Å². The Bertz CT molecular complexity index is 537. The van der Waals surface area contributed by atoms with Gasteiger partial charge in [-0.1, -0.05) is 41.9 Å². The molecule has 0 aliphatic heterocycles. The van der Waals surface area contributed by atoms with Crippen LogP contribution in [0.1, 0.15) is 17.2 Å². The Kier molecular flexibility index (Phi) is 4.46. The van der Waals surface area contributed by atoms with Gasteiger partial charge < -0.3 is 4.74 Å². The van der Waals surface area contributed by atoms with Crippen LogP contribution in [0.5, 0.6) is 5.75 Å². The second kappa shape index (κ2) is 6.09. The number of ether oxygens (including phenoxy) is 1. The monoisotopic (exact) mass is 275 g/mol. The van der Waals surface area contributed by atoms with Gasteiger partial charge in [-0.2, -0.15) is 0 Å². The van der Waals surface area contributed by atoms with Crippen molar-refractivity contribution in [2.24, 2.45) is 0 Å². The molecule has 2 aromatic rings. The van der Waals surface area contributed by atoms with Crippen LogP contribution in [0.25, 0.3) is 0 Å². The molecule has 3 heteroatoms. The van der Waals surface area contributed by atoms with Crippen molar-refractivity contribution in [3.8, 4) is 5.75 Å². The van der Waals surface area contributed by atoms with Gasteiger partial charge in [-0.05, 0) is 37.9 Å². The zero-order valence-corrected chi connectivity index (χ0v) is 12.2. The summed E-state index contributed by atoms with van der Waals surface area (Å²) in [5.41, 5.74) is 2.34. The topological polar surface area (TPSA) is 12.5 Å². The molecule has 0 N–H and O–H groups in total. The van der Waals surface area contributed by atoms with E-state index in [1.807, 2.05) is 30.3 Å². The lowest BCUT2D eigenvalue weighted by molar-refractivity contribution is 0.326. The molecular weight excluding hydrogens is 258 g/mol. The average Bonchev–Trinajstić information content (AvgIpc) is 2.41. The minimum absolute atomic E-state index is 0.147. The number of halogens is 1. The largest absolute Gasteiger partial charge is 0.496 e. The summed E-state index contributed by atoms with van der Waals surface area (Å²) in [6, 6.07) is 16.2. The van der Waals surface area contributed by atoms with E-state index in [4.69, 9.17) is 16.3 Å². The van der Waals surface area contributed by atoms with Crippen molar-refractivity contribution in [2.75, 3.05) is 21.2 Å².